The summed E-state index contributed by atoms with van der Waals surface area (Å²) in [6.45, 7) is 1.67. The van der Waals surface area contributed by atoms with Crippen molar-refractivity contribution >= 4 is 44.9 Å². The van der Waals surface area contributed by atoms with E-state index in [4.69, 9.17) is 28.3 Å². The lowest BCUT2D eigenvalue weighted by atomic mass is 10.2. The summed E-state index contributed by atoms with van der Waals surface area (Å²) in [5.74, 6) is -1.09. The SMILES string of the molecule is Cc1cc(S(=O)(=O)Nc2ccc(C(=O)O)cc2)c(Cl)cc1Cl. The fraction of sp³-hybridized carbons (Fsp3) is 0.0714. The van der Waals surface area contributed by atoms with Gasteiger partial charge in [-0.25, -0.2) is 13.2 Å². The second-order valence-corrected chi connectivity index (χ2v) is 6.99. The number of carboxylic acids is 1. The smallest absolute Gasteiger partial charge is 0.335 e. The molecule has 0 saturated heterocycles. The van der Waals surface area contributed by atoms with Crippen molar-refractivity contribution in [2.24, 2.45) is 0 Å². The van der Waals surface area contributed by atoms with E-state index in [1.165, 1.54) is 36.4 Å². The van der Waals surface area contributed by atoms with Crippen LogP contribution in [0.2, 0.25) is 10.0 Å². The van der Waals surface area contributed by atoms with E-state index in [0.717, 1.165) is 0 Å². The van der Waals surface area contributed by atoms with Gasteiger partial charge >= 0.3 is 5.97 Å². The monoisotopic (exact) mass is 359 g/mol. The Hall–Kier alpha value is -1.76. The summed E-state index contributed by atoms with van der Waals surface area (Å²) in [5, 5.41) is 9.19. The summed E-state index contributed by atoms with van der Waals surface area (Å²) in [7, 11) is -3.90. The maximum absolute atomic E-state index is 12.3. The largest absolute Gasteiger partial charge is 0.478 e. The number of benzene rings is 2. The Balaban J connectivity index is 2.35. The third-order valence-electron chi connectivity index (χ3n) is 2.89. The van der Waals surface area contributed by atoms with E-state index < -0.39 is 16.0 Å². The standard InChI is InChI=1S/C14H11Cl2NO4S/c1-8-6-13(12(16)7-11(8)15)22(20,21)17-10-4-2-9(3-5-10)14(18)19/h2-7,17H,1H3,(H,18,19). The van der Waals surface area contributed by atoms with Crippen molar-refractivity contribution in [2.45, 2.75) is 11.8 Å². The molecule has 0 atom stereocenters. The van der Waals surface area contributed by atoms with Gasteiger partial charge in [-0.1, -0.05) is 23.2 Å². The zero-order valence-corrected chi connectivity index (χ0v) is 13.6. The van der Waals surface area contributed by atoms with Gasteiger partial charge < -0.3 is 5.11 Å². The van der Waals surface area contributed by atoms with Crippen LogP contribution in [0, 0.1) is 6.92 Å². The molecule has 0 aromatic heterocycles. The lowest BCUT2D eigenvalue weighted by Gasteiger charge is -2.11. The van der Waals surface area contributed by atoms with Gasteiger partial charge in [-0.3, -0.25) is 4.72 Å². The summed E-state index contributed by atoms with van der Waals surface area (Å²) in [6, 6.07) is 8.05. The lowest BCUT2D eigenvalue weighted by molar-refractivity contribution is 0.0697. The van der Waals surface area contributed by atoms with Crippen molar-refractivity contribution in [3.05, 3.63) is 57.6 Å². The number of sulfonamides is 1. The fourth-order valence-electron chi connectivity index (χ4n) is 1.73. The summed E-state index contributed by atoms with van der Waals surface area (Å²) >= 11 is 11.8. The minimum Gasteiger partial charge on any atom is -0.478 e. The van der Waals surface area contributed by atoms with E-state index in [2.05, 4.69) is 4.72 Å². The van der Waals surface area contributed by atoms with Crippen molar-refractivity contribution < 1.29 is 18.3 Å². The molecular formula is C14H11Cl2NO4S. The first-order chi connectivity index (χ1) is 10.2. The maximum atomic E-state index is 12.3. The molecular weight excluding hydrogens is 349 g/mol. The zero-order chi connectivity index (χ0) is 16.5. The number of aryl methyl sites for hydroxylation is 1. The molecule has 2 aromatic carbocycles. The van der Waals surface area contributed by atoms with Crippen LogP contribution in [0.1, 0.15) is 15.9 Å². The van der Waals surface area contributed by atoms with Crippen molar-refractivity contribution in [3.63, 3.8) is 0 Å². The molecule has 0 saturated carbocycles. The van der Waals surface area contributed by atoms with Crippen LogP contribution in [-0.4, -0.2) is 19.5 Å². The van der Waals surface area contributed by atoms with E-state index in [1.54, 1.807) is 6.92 Å². The number of hydrogen-bond donors (Lipinski definition) is 2. The van der Waals surface area contributed by atoms with Crippen LogP contribution in [0.25, 0.3) is 0 Å². The van der Waals surface area contributed by atoms with Crippen LogP contribution >= 0.6 is 23.2 Å². The molecule has 0 aliphatic rings. The van der Waals surface area contributed by atoms with E-state index >= 15 is 0 Å². The van der Waals surface area contributed by atoms with Gasteiger partial charge in [0.1, 0.15) is 4.90 Å². The summed E-state index contributed by atoms with van der Waals surface area (Å²) in [4.78, 5) is 10.7. The quantitative estimate of drug-likeness (QED) is 0.869. The van der Waals surface area contributed by atoms with Gasteiger partial charge in [-0.15, -0.1) is 0 Å². The second kappa shape index (κ2) is 6.16. The number of hydrogen-bond acceptors (Lipinski definition) is 3. The molecule has 8 heteroatoms. The molecule has 0 heterocycles. The molecule has 116 valence electrons. The van der Waals surface area contributed by atoms with Crippen molar-refractivity contribution in [1.82, 2.24) is 0 Å². The minimum absolute atomic E-state index is 0.00487. The second-order valence-electron chi connectivity index (χ2n) is 4.52. The summed E-state index contributed by atoms with van der Waals surface area (Å²) < 4.78 is 27.0. The van der Waals surface area contributed by atoms with Gasteiger partial charge in [0.15, 0.2) is 0 Å². The fourth-order valence-corrected chi connectivity index (χ4v) is 3.62. The topological polar surface area (TPSA) is 83.5 Å². The molecule has 22 heavy (non-hydrogen) atoms. The maximum Gasteiger partial charge on any atom is 0.335 e. The summed E-state index contributed by atoms with van der Waals surface area (Å²) in [5.41, 5.74) is 0.865. The van der Waals surface area contributed by atoms with Gasteiger partial charge in [-0.2, -0.15) is 0 Å². The Labute approximate surface area is 137 Å². The Bertz CT molecular complexity index is 833. The predicted octanol–water partition coefficient (Wildman–Crippen LogP) is 3.80. The molecule has 2 N–H and O–H groups in total. The molecule has 2 rings (SSSR count). The average Bonchev–Trinajstić information content (AvgIpc) is 2.42. The van der Waals surface area contributed by atoms with E-state index in [9.17, 15) is 13.2 Å². The first kappa shape index (κ1) is 16.6. The summed E-state index contributed by atoms with van der Waals surface area (Å²) in [6.07, 6.45) is 0. The number of anilines is 1. The Morgan fingerprint density at radius 2 is 1.68 bits per heavy atom. The number of halogens is 2. The van der Waals surface area contributed by atoms with Crippen molar-refractivity contribution in [3.8, 4) is 0 Å². The lowest BCUT2D eigenvalue weighted by Crippen LogP contribution is -2.14. The minimum atomic E-state index is -3.90. The average molecular weight is 360 g/mol. The highest BCUT2D eigenvalue weighted by Gasteiger charge is 2.19. The van der Waals surface area contributed by atoms with Crippen LogP contribution in [-0.2, 0) is 10.0 Å². The third-order valence-corrected chi connectivity index (χ3v) is 5.14. The molecule has 0 bridgehead atoms. The Morgan fingerprint density at radius 1 is 1.09 bits per heavy atom. The van der Waals surface area contributed by atoms with Gasteiger partial charge in [0.25, 0.3) is 10.0 Å². The molecule has 5 nitrogen and oxygen atoms in total. The molecule has 0 unspecified atom stereocenters. The normalized spacial score (nSPS) is 11.2. The van der Waals surface area contributed by atoms with Gasteiger partial charge in [0.05, 0.1) is 10.6 Å². The van der Waals surface area contributed by atoms with E-state index in [1.807, 2.05) is 0 Å². The molecule has 0 aliphatic carbocycles. The third kappa shape index (κ3) is 3.52. The van der Waals surface area contributed by atoms with E-state index in [0.29, 0.717) is 10.6 Å². The Kier molecular flexibility index (Phi) is 4.65. The van der Waals surface area contributed by atoms with Gasteiger partial charge in [-0.05, 0) is 48.9 Å². The highest BCUT2D eigenvalue weighted by atomic mass is 35.5. The van der Waals surface area contributed by atoms with Crippen LogP contribution in [0.3, 0.4) is 0 Å². The molecule has 0 radical (unpaired) electrons. The van der Waals surface area contributed by atoms with Gasteiger partial charge in [0, 0.05) is 10.7 Å². The molecule has 0 spiro atoms. The predicted molar refractivity (Wildman–Crippen MR) is 85.4 cm³/mol. The Morgan fingerprint density at radius 3 is 2.23 bits per heavy atom. The molecule has 2 aromatic rings. The number of carbonyl (C=O) groups is 1. The zero-order valence-electron chi connectivity index (χ0n) is 11.3. The van der Waals surface area contributed by atoms with E-state index in [-0.39, 0.29) is 21.2 Å². The van der Waals surface area contributed by atoms with Crippen LogP contribution in [0.5, 0.6) is 0 Å². The van der Waals surface area contributed by atoms with Crippen LogP contribution in [0.15, 0.2) is 41.3 Å². The number of aromatic carboxylic acids is 1. The van der Waals surface area contributed by atoms with Crippen molar-refractivity contribution in [2.75, 3.05) is 4.72 Å². The first-order valence-electron chi connectivity index (χ1n) is 6.02. The highest BCUT2D eigenvalue weighted by molar-refractivity contribution is 7.92. The molecule has 0 aliphatic heterocycles. The molecule has 0 amide bonds. The first-order valence-corrected chi connectivity index (χ1v) is 8.26. The van der Waals surface area contributed by atoms with Crippen LogP contribution in [0.4, 0.5) is 5.69 Å². The number of carboxylic acid groups (broad SMARTS) is 1. The van der Waals surface area contributed by atoms with Crippen molar-refractivity contribution in [1.29, 1.82) is 0 Å². The number of nitrogens with one attached hydrogen (secondary N) is 1. The number of rotatable bonds is 4. The van der Waals surface area contributed by atoms with Gasteiger partial charge in [0.2, 0.25) is 0 Å². The highest BCUT2D eigenvalue weighted by Crippen LogP contribution is 2.29. The molecule has 0 fully saturated rings. The van der Waals surface area contributed by atoms with Crippen LogP contribution < -0.4 is 4.72 Å².